The lowest BCUT2D eigenvalue weighted by molar-refractivity contribution is -0.166. The molecule has 1 aliphatic carbocycles. The van der Waals surface area contributed by atoms with Crippen molar-refractivity contribution in [3.8, 4) is 0 Å². The predicted molar refractivity (Wildman–Crippen MR) is 112 cm³/mol. The van der Waals surface area contributed by atoms with Gasteiger partial charge in [0.2, 0.25) is 0 Å². The van der Waals surface area contributed by atoms with E-state index in [9.17, 15) is 14.4 Å². The van der Waals surface area contributed by atoms with Crippen molar-refractivity contribution in [2.75, 3.05) is 25.5 Å². The van der Waals surface area contributed by atoms with Crippen LogP contribution in [0.4, 0.5) is 10.5 Å². The summed E-state index contributed by atoms with van der Waals surface area (Å²) >= 11 is 0. The van der Waals surface area contributed by atoms with Crippen LogP contribution in [0.15, 0.2) is 18.2 Å². The van der Waals surface area contributed by atoms with Crippen LogP contribution < -0.4 is 5.32 Å². The minimum atomic E-state index is -0.505. The van der Waals surface area contributed by atoms with Crippen molar-refractivity contribution in [2.45, 2.75) is 50.2 Å². The zero-order chi connectivity index (χ0) is 21.5. The molecule has 3 amide bonds. The van der Waals surface area contributed by atoms with Crippen LogP contribution in [-0.4, -0.2) is 81.7 Å². The van der Waals surface area contributed by atoms with E-state index >= 15 is 0 Å². The van der Waals surface area contributed by atoms with Crippen LogP contribution in [0.3, 0.4) is 0 Å². The van der Waals surface area contributed by atoms with E-state index in [0.29, 0.717) is 29.4 Å². The maximum Gasteiger partial charge on any atom is 0.355 e. The number of aromatic amines is 1. The van der Waals surface area contributed by atoms with Crippen LogP contribution in [0.2, 0.25) is 0 Å². The molecule has 3 fully saturated rings. The monoisotopic (exact) mass is 426 g/mol. The van der Waals surface area contributed by atoms with E-state index in [1.165, 1.54) is 0 Å². The highest BCUT2D eigenvalue weighted by molar-refractivity contribution is 6.06. The number of urea groups is 1. The number of fused-ring (bicyclic) bond motifs is 3. The summed E-state index contributed by atoms with van der Waals surface area (Å²) in [5, 5.41) is 11.7. The number of hydrogen-bond acceptors (Lipinski definition) is 6. The predicted octanol–water partition coefficient (Wildman–Crippen LogP) is 1.96. The third-order valence-corrected chi connectivity index (χ3v) is 6.81. The Morgan fingerprint density at radius 3 is 2.74 bits per heavy atom. The molecule has 5 rings (SSSR count). The van der Waals surface area contributed by atoms with Gasteiger partial charge in [0.05, 0.1) is 11.6 Å². The normalized spacial score (nSPS) is 23.5. The molecular formula is C21H26N6O4. The van der Waals surface area contributed by atoms with Gasteiger partial charge in [0.15, 0.2) is 5.69 Å². The van der Waals surface area contributed by atoms with Gasteiger partial charge in [-0.2, -0.15) is 10.2 Å². The molecule has 0 radical (unpaired) electrons. The third-order valence-electron chi connectivity index (χ3n) is 6.81. The number of likely N-dealkylation sites (tertiary alicyclic amines) is 2. The molecule has 164 valence electrons. The van der Waals surface area contributed by atoms with Gasteiger partial charge in [-0.3, -0.25) is 19.6 Å². The zero-order valence-corrected chi connectivity index (χ0v) is 17.4. The van der Waals surface area contributed by atoms with Crippen LogP contribution in [-0.2, 0) is 9.63 Å². The Labute approximate surface area is 179 Å². The lowest BCUT2D eigenvalue weighted by Gasteiger charge is -2.31. The highest BCUT2D eigenvalue weighted by Gasteiger charge is 2.44. The molecule has 2 bridgehead atoms. The number of amides is 3. The number of nitrogens with one attached hydrogen (secondary N) is 2. The molecule has 2 aliphatic heterocycles. The number of benzene rings is 1. The number of nitrogens with zero attached hydrogens (tertiary/aromatic N) is 4. The fourth-order valence-electron chi connectivity index (χ4n) is 5.17. The minimum Gasteiger partial charge on any atom is -0.340 e. The van der Waals surface area contributed by atoms with E-state index in [0.717, 1.165) is 49.2 Å². The van der Waals surface area contributed by atoms with Crippen molar-refractivity contribution >= 4 is 35.0 Å². The topological polar surface area (TPSA) is 111 Å². The fraction of sp³-hybridized carbons (Fsp3) is 0.524. The van der Waals surface area contributed by atoms with Gasteiger partial charge in [0, 0.05) is 36.2 Å². The molecule has 1 aromatic heterocycles. The van der Waals surface area contributed by atoms with Crippen LogP contribution in [0.25, 0.3) is 10.9 Å². The van der Waals surface area contributed by atoms with Gasteiger partial charge in [-0.25, -0.2) is 4.79 Å². The Balaban J connectivity index is 1.36. The minimum absolute atomic E-state index is 0.0906. The third kappa shape index (κ3) is 3.50. The molecule has 3 aliphatic rings. The Morgan fingerprint density at radius 2 is 2.06 bits per heavy atom. The Morgan fingerprint density at radius 1 is 1.26 bits per heavy atom. The second kappa shape index (κ2) is 7.84. The first-order valence-corrected chi connectivity index (χ1v) is 10.7. The summed E-state index contributed by atoms with van der Waals surface area (Å²) in [7, 11) is 2.09. The second-order valence-corrected chi connectivity index (χ2v) is 8.67. The molecule has 1 aromatic carbocycles. The second-order valence-electron chi connectivity index (χ2n) is 8.67. The summed E-state index contributed by atoms with van der Waals surface area (Å²) < 4.78 is 0. The Bertz CT molecular complexity index is 1010. The fourth-order valence-corrected chi connectivity index (χ4v) is 5.17. The molecular weight excluding hydrogens is 400 g/mol. The Hall–Kier alpha value is -3.14. The number of likely N-dealkylation sites (N-methyl/N-ethyl adjacent to an activating group) is 1. The van der Waals surface area contributed by atoms with Gasteiger partial charge in [0.25, 0.3) is 5.91 Å². The average Bonchev–Trinajstić information content (AvgIpc) is 3.54. The van der Waals surface area contributed by atoms with E-state index in [2.05, 4.69) is 27.5 Å². The lowest BCUT2D eigenvalue weighted by atomic mass is 10.1. The van der Waals surface area contributed by atoms with Crippen LogP contribution in [0.1, 0.15) is 42.6 Å². The van der Waals surface area contributed by atoms with E-state index < -0.39 is 6.03 Å². The molecule has 3 heterocycles. The first-order chi connectivity index (χ1) is 15.0. The van der Waals surface area contributed by atoms with Gasteiger partial charge < -0.3 is 15.1 Å². The summed E-state index contributed by atoms with van der Waals surface area (Å²) in [6.07, 6.45) is 4.59. The van der Waals surface area contributed by atoms with E-state index in [4.69, 9.17) is 4.84 Å². The molecule has 10 nitrogen and oxygen atoms in total. The van der Waals surface area contributed by atoms with Gasteiger partial charge >= 0.3 is 12.5 Å². The molecule has 2 aromatic rings. The lowest BCUT2D eigenvalue weighted by Crippen LogP contribution is -2.47. The number of hydrogen-bond donors (Lipinski definition) is 2. The number of hydroxylamine groups is 2. The quantitative estimate of drug-likeness (QED) is 0.559. The number of aromatic nitrogens is 2. The smallest absolute Gasteiger partial charge is 0.340 e. The maximum atomic E-state index is 13.2. The maximum absolute atomic E-state index is 13.2. The van der Waals surface area contributed by atoms with Crippen molar-refractivity contribution in [3.63, 3.8) is 0 Å². The largest absolute Gasteiger partial charge is 0.355 e. The van der Waals surface area contributed by atoms with Crippen LogP contribution >= 0.6 is 0 Å². The van der Waals surface area contributed by atoms with E-state index in [-0.39, 0.29) is 24.5 Å². The summed E-state index contributed by atoms with van der Waals surface area (Å²) in [5.74, 6) is -0.0906. The highest BCUT2D eigenvalue weighted by Crippen LogP contribution is 2.32. The molecule has 10 heteroatoms. The highest BCUT2D eigenvalue weighted by atomic mass is 16.7. The molecule has 1 saturated carbocycles. The Kier molecular flexibility index (Phi) is 5.01. The van der Waals surface area contributed by atoms with Gasteiger partial charge in [0.1, 0.15) is 0 Å². The SMILES string of the molecule is CN1C[C@@H]2C[C@H]1CN2C(=O)c1n[nH]c2ccc(NC(=O)N(OC=O)C3CCCC3)cc12. The molecule has 2 N–H and O–H groups in total. The molecule has 0 unspecified atom stereocenters. The van der Waals surface area contributed by atoms with Crippen molar-refractivity contribution in [1.82, 2.24) is 25.1 Å². The summed E-state index contributed by atoms with van der Waals surface area (Å²) in [6.45, 7) is 1.87. The zero-order valence-electron chi connectivity index (χ0n) is 17.4. The summed E-state index contributed by atoms with van der Waals surface area (Å²) in [5.41, 5.74) is 1.59. The van der Waals surface area contributed by atoms with Crippen LogP contribution in [0, 0.1) is 0 Å². The first kappa shape index (κ1) is 19.8. The summed E-state index contributed by atoms with van der Waals surface area (Å²) in [6, 6.07) is 5.24. The number of anilines is 1. The van der Waals surface area contributed by atoms with Crippen molar-refractivity contribution in [2.24, 2.45) is 0 Å². The molecule has 2 saturated heterocycles. The number of carbonyl (C=O) groups excluding carboxylic acids is 3. The first-order valence-electron chi connectivity index (χ1n) is 10.7. The van der Waals surface area contributed by atoms with Crippen LogP contribution in [0.5, 0.6) is 0 Å². The van der Waals surface area contributed by atoms with Crippen molar-refractivity contribution in [1.29, 1.82) is 0 Å². The standard InChI is InChI=1S/C21H26N6O4/c1-25-10-16-9-15(25)11-26(16)20(29)19-17-8-13(6-7-18(17)23-24-19)22-21(30)27(31-12-28)14-4-2-3-5-14/h6-8,12,14-16H,2-5,9-11H2,1H3,(H,22,30)(H,23,24)/t15-,16-/m0/s1. The molecule has 31 heavy (non-hydrogen) atoms. The number of rotatable bonds is 5. The van der Waals surface area contributed by atoms with E-state index in [1.807, 2.05) is 4.90 Å². The molecule has 0 spiro atoms. The summed E-state index contributed by atoms with van der Waals surface area (Å²) in [4.78, 5) is 46.0. The molecule has 2 atom stereocenters. The van der Waals surface area contributed by atoms with Gasteiger partial charge in [-0.05, 0) is 44.5 Å². The van der Waals surface area contributed by atoms with Gasteiger partial charge in [-0.1, -0.05) is 12.8 Å². The number of H-pyrrole nitrogens is 1. The van der Waals surface area contributed by atoms with E-state index in [1.54, 1.807) is 18.2 Å². The van der Waals surface area contributed by atoms with Gasteiger partial charge in [-0.15, -0.1) is 0 Å². The van der Waals surface area contributed by atoms with Crippen molar-refractivity contribution in [3.05, 3.63) is 23.9 Å². The average molecular weight is 426 g/mol. The number of piperazine rings is 1. The number of carbonyl (C=O) groups is 3. The van der Waals surface area contributed by atoms with Crippen molar-refractivity contribution < 1.29 is 19.2 Å².